The Morgan fingerprint density at radius 1 is 1.39 bits per heavy atom. The van der Waals surface area contributed by atoms with Gasteiger partial charge in [0.15, 0.2) is 0 Å². The van der Waals surface area contributed by atoms with Gasteiger partial charge in [-0.15, -0.1) is 0 Å². The van der Waals surface area contributed by atoms with E-state index < -0.39 is 5.56 Å². The number of hydrogen-bond acceptors (Lipinski definition) is 4. The van der Waals surface area contributed by atoms with Crippen LogP contribution in [0, 0.1) is 0 Å². The summed E-state index contributed by atoms with van der Waals surface area (Å²) in [4.78, 5) is 11.3. The molecule has 5 nitrogen and oxygen atoms in total. The Bertz CT molecular complexity index is 609. The molecule has 0 amide bonds. The van der Waals surface area contributed by atoms with Crippen LogP contribution in [0.1, 0.15) is 5.56 Å². The van der Waals surface area contributed by atoms with Crippen LogP contribution in [0.25, 0.3) is 0 Å². The van der Waals surface area contributed by atoms with Crippen molar-refractivity contribution < 1.29 is 0 Å². The minimum atomic E-state index is -0.434. The van der Waals surface area contributed by atoms with Gasteiger partial charge in [0, 0.05) is 7.05 Å². The van der Waals surface area contributed by atoms with E-state index in [4.69, 9.17) is 11.6 Å². The molecule has 0 saturated heterocycles. The molecule has 0 aliphatic rings. The number of hydrogen-bond donors (Lipinski definition) is 1. The maximum atomic E-state index is 11.3. The molecular weight excluding hydrogens is 252 g/mol. The Balaban J connectivity index is 2.22. The van der Waals surface area contributed by atoms with Crippen molar-refractivity contribution in [2.24, 2.45) is 5.10 Å². The Morgan fingerprint density at radius 2 is 2.11 bits per heavy atom. The summed E-state index contributed by atoms with van der Waals surface area (Å²) in [7, 11) is 1.70. The van der Waals surface area contributed by atoms with Gasteiger partial charge in [-0.3, -0.25) is 9.80 Å². The van der Waals surface area contributed by atoms with Crippen LogP contribution >= 0.6 is 11.6 Å². The summed E-state index contributed by atoms with van der Waals surface area (Å²) in [5.74, 6) is 0. The quantitative estimate of drug-likeness (QED) is 0.679. The molecule has 0 spiro atoms. The highest BCUT2D eigenvalue weighted by atomic mass is 35.5. The maximum absolute atomic E-state index is 11.3. The number of benzene rings is 1. The molecule has 92 valence electrons. The van der Waals surface area contributed by atoms with E-state index in [9.17, 15) is 4.79 Å². The van der Waals surface area contributed by atoms with Gasteiger partial charge in [0.2, 0.25) is 0 Å². The molecule has 1 aromatic carbocycles. The minimum absolute atomic E-state index is 0.0673. The number of aromatic amines is 1. The smallest absolute Gasteiger partial charge is 0.266 e. The van der Waals surface area contributed by atoms with Crippen LogP contribution in [-0.4, -0.2) is 23.5 Å². The Labute approximate surface area is 109 Å². The Kier molecular flexibility index (Phi) is 3.74. The normalized spacial score (nSPS) is 10.8. The highest BCUT2D eigenvalue weighted by Gasteiger charge is 2.08. The van der Waals surface area contributed by atoms with Crippen LogP contribution in [0.2, 0.25) is 5.02 Å². The van der Waals surface area contributed by atoms with Crippen LogP contribution in [0.5, 0.6) is 0 Å². The molecular formula is C12H11ClN4O. The minimum Gasteiger partial charge on any atom is -0.266 e. The van der Waals surface area contributed by atoms with Gasteiger partial charge in [0.05, 0.1) is 12.4 Å². The average molecular weight is 263 g/mol. The van der Waals surface area contributed by atoms with Crippen molar-refractivity contribution in [2.45, 2.75) is 0 Å². The summed E-state index contributed by atoms with van der Waals surface area (Å²) >= 11 is 5.87. The number of nitrogens with one attached hydrogen (secondary N) is 1. The fourth-order valence-electron chi connectivity index (χ4n) is 1.35. The molecule has 2 aromatic rings. The van der Waals surface area contributed by atoms with Crippen LogP contribution in [0.15, 0.2) is 46.4 Å². The molecule has 0 atom stereocenters. The first-order chi connectivity index (χ1) is 8.68. The van der Waals surface area contributed by atoms with Gasteiger partial charge in [-0.05, 0) is 5.56 Å². The summed E-state index contributed by atoms with van der Waals surface area (Å²) in [5.41, 5.74) is 0.974. The third-order valence-electron chi connectivity index (χ3n) is 2.31. The summed E-state index contributed by atoms with van der Waals surface area (Å²) in [6.45, 7) is 0. The first-order valence-electron chi connectivity index (χ1n) is 5.24. The van der Waals surface area contributed by atoms with Crippen LogP contribution < -0.4 is 10.6 Å². The van der Waals surface area contributed by atoms with Crippen molar-refractivity contribution in [3.8, 4) is 0 Å². The Hall–Kier alpha value is -2.14. The number of nitrogens with zero attached hydrogens (tertiary/aromatic N) is 3. The highest BCUT2D eigenvalue weighted by Crippen LogP contribution is 2.18. The van der Waals surface area contributed by atoms with E-state index in [0.717, 1.165) is 5.56 Å². The van der Waals surface area contributed by atoms with E-state index in [0.29, 0.717) is 5.69 Å². The lowest BCUT2D eigenvalue weighted by Gasteiger charge is -2.12. The zero-order valence-electron chi connectivity index (χ0n) is 9.67. The van der Waals surface area contributed by atoms with Crippen LogP contribution in [0.4, 0.5) is 5.69 Å². The molecule has 0 saturated carbocycles. The summed E-state index contributed by atoms with van der Waals surface area (Å²) < 4.78 is 0. The van der Waals surface area contributed by atoms with Crippen molar-refractivity contribution in [3.63, 3.8) is 0 Å². The number of hydrazone groups is 1. The molecule has 18 heavy (non-hydrogen) atoms. The largest absolute Gasteiger partial charge is 0.285 e. The van der Waals surface area contributed by atoms with Gasteiger partial charge in [-0.2, -0.15) is 10.2 Å². The number of aromatic nitrogens is 2. The fraction of sp³-hybridized carbons (Fsp3) is 0.0833. The summed E-state index contributed by atoms with van der Waals surface area (Å²) in [6.07, 6.45) is 3.13. The van der Waals surface area contributed by atoms with E-state index in [1.807, 2.05) is 30.3 Å². The molecule has 0 radical (unpaired) electrons. The molecule has 2 rings (SSSR count). The highest BCUT2D eigenvalue weighted by molar-refractivity contribution is 6.32. The van der Waals surface area contributed by atoms with E-state index in [1.165, 1.54) is 11.2 Å². The van der Waals surface area contributed by atoms with Gasteiger partial charge in [-0.25, -0.2) is 5.10 Å². The average Bonchev–Trinajstić information content (AvgIpc) is 2.40. The molecule has 1 heterocycles. The zero-order valence-corrected chi connectivity index (χ0v) is 10.4. The van der Waals surface area contributed by atoms with Crippen molar-refractivity contribution in [1.29, 1.82) is 0 Å². The second-order valence-corrected chi connectivity index (χ2v) is 3.96. The van der Waals surface area contributed by atoms with E-state index in [1.54, 1.807) is 13.3 Å². The van der Waals surface area contributed by atoms with Gasteiger partial charge in [0.25, 0.3) is 5.56 Å². The molecule has 1 aromatic heterocycles. The number of rotatable bonds is 3. The predicted octanol–water partition coefficient (Wildman–Crippen LogP) is 1.89. The molecule has 6 heteroatoms. The van der Waals surface area contributed by atoms with Crippen LogP contribution in [-0.2, 0) is 0 Å². The van der Waals surface area contributed by atoms with Crippen LogP contribution in [0.3, 0.4) is 0 Å². The number of anilines is 1. The monoisotopic (exact) mass is 262 g/mol. The lowest BCUT2D eigenvalue weighted by Crippen LogP contribution is -2.16. The topological polar surface area (TPSA) is 61.4 Å². The zero-order chi connectivity index (χ0) is 13.0. The molecule has 0 aliphatic carbocycles. The van der Waals surface area contributed by atoms with Gasteiger partial charge < -0.3 is 0 Å². The molecule has 1 N–H and O–H groups in total. The Morgan fingerprint density at radius 3 is 2.83 bits per heavy atom. The molecule has 0 bridgehead atoms. The second kappa shape index (κ2) is 5.46. The van der Waals surface area contributed by atoms with Crippen molar-refractivity contribution in [2.75, 3.05) is 12.1 Å². The number of H-pyrrole nitrogens is 1. The van der Waals surface area contributed by atoms with Gasteiger partial charge >= 0.3 is 0 Å². The lowest BCUT2D eigenvalue weighted by molar-refractivity contribution is 0.944. The fourth-order valence-corrected chi connectivity index (χ4v) is 1.57. The van der Waals surface area contributed by atoms with Gasteiger partial charge in [0.1, 0.15) is 10.7 Å². The van der Waals surface area contributed by atoms with Crippen molar-refractivity contribution >= 4 is 23.5 Å². The van der Waals surface area contributed by atoms with E-state index in [-0.39, 0.29) is 5.02 Å². The van der Waals surface area contributed by atoms with Crippen molar-refractivity contribution in [3.05, 3.63) is 57.5 Å². The predicted molar refractivity (Wildman–Crippen MR) is 72.3 cm³/mol. The third-order valence-corrected chi connectivity index (χ3v) is 2.67. The van der Waals surface area contributed by atoms with E-state index >= 15 is 0 Å². The summed E-state index contributed by atoms with van der Waals surface area (Å²) in [5, 5.41) is 11.7. The summed E-state index contributed by atoms with van der Waals surface area (Å²) in [6, 6.07) is 9.62. The van der Waals surface area contributed by atoms with Gasteiger partial charge in [-0.1, -0.05) is 41.9 Å². The molecule has 0 fully saturated rings. The second-order valence-electron chi connectivity index (χ2n) is 3.58. The molecule has 0 unspecified atom stereocenters. The molecule has 0 aliphatic heterocycles. The standard InChI is InChI=1S/C12H11ClN4O/c1-17(10-8-14-16-12(18)11(10)13)15-7-9-5-3-2-4-6-9/h2-8H,1H3,(H,16,18)/b15-7+. The third kappa shape index (κ3) is 2.75. The van der Waals surface area contributed by atoms with E-state index in [2.05, 4.69) is 15.3 Å². The first-order valence-corrected chi connectivity index (χ1v) is 5.62. The SMILES string of the molecule is CN(/N=C/c1ccccc1)c1cn[nH]c(=O)c1Cl. The maximum Gasteiger partial charge on any atom is 0.285 e. The lowest BCUT2D eigenvalue weighted by atomic mass is 10.2. The first kappa shape index (κ1) is 12.3. The number of halogens is 1. The van der Waals surface area contributed by atoms with Crippen molar-refractivity contribution in [1.82, 2.24) is 10.2 Å².